The van der Waals surface area contributed by atoms with Gasteiger partial charge in [0, 0.05) is 0 Å². The van der Waals surface area contributed by atoms with Crippen LogP contribution in [-0.2, 0) is 0 Å². The summed E-state index contributed by atoms with van der Waals surface area (Å²) < 4.78 is 0. The molecule has 0 amide bonds. The zero-order chi connectivity index (χ0) is 7.78. The van der Waals surface area contributed by atoms with Crippen molar-refractivity contribution < 1.29 is 0 Å². The fourth-order valence-electron chi connectivity index (χ4n) is 1.13. The van der Waals surface area contributed by atoms with Crippen molar-refractivity contribution in [2.24, 2.45) is 0 Å². The fraction of sp³-hybridized carbons (Fsp3) is 0.455. The van der Waals surface area contributed by atoms with E-state index in [1.54, 1.807) is 0 Å². The highest BCUT2D eigenvalue weighted by Gasteiger charge is 1.80. The van der Waals surface area contributed by atoms with E-state index in [4.69, 9.17) is 0 Å². The van der Waals surface area contributed by atoms with Crippen molar-refractivity contribution >= 4 is 0 Å². The Morgan fingerprint density at radius 2 is 0.818 bits per heavy atom. The van der Waals surface area contributed by atoms with E-state index in [9.17, 15) is 0 Å². The third kappa shape index (κ3) is 4.60. The lowest BCUT2D eigenvalue weighted by molar-refractivity contribution is 1.01. The number of rotatable bonds is 0. The smallest absolute Gasteiger partial charge is 0.0169 e. The van der Waals surface area contributed by atoms with Crippen LogP contribution in [0.15, 0.2) is 36.5 Å². The molecule has 0 aromatic rings. The maximum absolute atomic E-state index is 2.28. The average Bonchev–Trinajstić information content (AvgIpc) is 2.08. The minimum absolute atomic E-state index is 1.11. The van der Waals surface area contributed by atoms with Crippen molar-refractivity contribution in [1.82, 2.24) is 0 Å². The van der Waals surface area contributed by atoms with Crippen LogP contribution in [-0.4, -0.2) is 0 Å². The molecule has 1 rings (SSSR count). The minimum Gasteiger partial charge on any atom is -0.0882 e. The van der Waals surface area contributed by atoms with Gasteiger partial charge < -0.3 is 0 Å². The first-order valence-electron chi connectivity index (χ1n) is 4.45. The molecule has 0 heterocycles. The molecule has 60 valence electrons. The van der Waals surface area contributed by atoms with E-state index in [-0.39, 0.29) is 0 Å². The van der Waals surface area contributed by atoms with Crippen LogP contribution >= 0.6 is 0 Å². The maximum atomic E-state index is 2.28. The van der Waals surface area contributed by atoms with E-state index in [1.165, 1.54) is 25.7 Å². The molecule has 0 fully saturated rings. The van der Waals surface area contributed by atoms with Gasteiger partial charge in [0.05, 0.1) is 0 Å². The van der Waals surface area contributed by atoms with Crippen LogP contribution in [0.1, 0.15) is 32.1 Å². The van der Waals surface area contributed by atoms with Gasteiger partial charge in [0.15, 0.2) is 0 Å². The molecule has 0 saturated carbocycles. The average molecular weight is 148 g/mol. The molecule has 0 heteroatoms. The summed E-state index contributed by atoms with van der Waals surface area (Å²) in [7, 11) is 0. The van der Waals surface area contributed by atoms with Gasteiger partial charge in [-0.2, -0.15) is 0 Å². The molecule has 0 N–H and O–H groups in total. The molecule has 0 aromatic carbocycles. The Hall–Kier alpha value is -0.780. The summed E-state index contributed by atoms with van der Waals surface area (Å²) >= 11 is 0. The van der Waals surface area contributed by atoms with E-state index in [0.717, 1.165) is 6.42 Å². The molecule has 1 aliphatic rings. The van der Waals surface area contributed by atoms with Gasteiger partial charge in [0.2, 0.25) is 0 Å². The number of hydrogen-bond acceptors (Lipinski definition) is 0. The largest absolute Gasteiger partial charge is 0.0882 e. The van der Waals surface area contributed by atoms with Crippen LogP contribution < -0.4 is 0 Å². The van der Waals surface area contributed by atoms with Crippen molar-refractivity contribution in [3.8, 4) is 0 Å². The lowest BCUT2D eigenvalue weighted by Gasteiger charge is -1.85. The van der Waals surface area contributed by atoms with Crippen LogP contribution in [0.25, 0.3) is 0 Å². The first kappa shape index (κ1) is 8.32. The Bertz CT molecular complexity index is 143. The maximum Gasteiger partial charge on any atom is -0.0169 e. The summed E-state index contributed by atoms with van der Waals surface area (Å²) in [6.45, 7) is 0. The molecule has 11 heavy (non-hydrogen) atoms. The molecule has 0 unspecified atom stereocenters. The van der Waals surface area contributed by atoms with E-state index in [2.05, 4.69) is 36.5 Å². The zero-order valence-corrected chi connectivity index (χ0v) is 7.00. The summed E-state index contributed by atoms with van der Waals surface area (Å²) in [5.41, 5.74) is 0. The molecule has 0 atom stereocenters. The van der Waals surface area contributed by atoms with E-state index < -0.39 is 0 Å². The molecule has 0 bridgehead atoms. The molecule has 0 radical (unpaired) electrons. The predicted octanol–water partition coefficient (Wildman–Crippen LogP) is 3.62. The van der Waals surface area contributed by atoms with Crippen LogP contribution in [0, 0.1) is 0 Å². The Labute approximate surface area is 69.3 Å². The molecule has 0 saturated heterocycles. The van der Waals surface area contributed by atoms with Crippen molar-refractivity contribution in [1.29, 1.82) is 0 Å². The van der Waals surface area contributed by atoms with Gasteiger partial charge in [0.25, 0.3) is 0 Å². The van der Waals surface area contributed by atoms with Gasteiger partial charge in [0.1, 0.15) is 0 Å². The molecular formula is C11H16. The van der Waals surface area contributed by atoms with E-state index >= 15 is 0 Å². The van der Waals surface area contributed by atoms with E-state index in [1.807, 2.05) is 0 Å². The summed E-state index contributed by atoms with van der Waals surface area (Å²) in [5, 5.41) is 0. The Morgan fingerprint density at radius 3 is 1.27 bits per heavy atom. The van der Waals surface area contributed by atoms with Crippen molar-refractivity contribution in [2.75, 3.05) is 0 Å². The third-order valence-corrected chi connectivity index (χ3v) is 1.77. The SMILES string of the molecule is C1=C\CC/C=C/CC/C=C\C/1. The number of hydrogen-bond donors (Lipinski definition) is 0. The predicted molar refractivity (Wildman–Crippen MR) is 50.5 cm³/mol. The highest BCUT2D eigenvalue weighted by Crippen LogP contribution is 2.01. The molecular weight excluding hydrogens is 132 g/mol. The molecule has 0 spiro atoms. The minimum atomic E-state index is 1.11. The van der Waals surface area contributed by atoms with Gasteiger partial charge in [-0.15, -0.1) is 0 Å². The Morgan fingerprint density at radius 1 is 0.455 bits per heavy atom. The zero-order valence-electron chi connectivity index (χ0n) is 7.00. The van der Waals surface area contributed by atoms with Gasteiger partial charge in [-0.1, -0.05) is 36.5 Å². The Kier molecular flexibility index (Phi) is 4.51. The fourth-order valence-corrected chi connectivity index (χ4v) is 1.13. The highest BCUT2D eigenvalue weighted by atomic mass is 13.9. The lowest BCUT2D eigenvalue weighted by Crippen LogP contribution is -1.65. The van der Waals surface area contributed by atoms with Gasteiger partial charge in [-0.05, 0) is 32.1 Å². The van der Waals surface area contributed by atoms with Crippen LogP contribution in [0.4, 0.5) is 0 Å². The standard InChI is InChI=1S/C11H16/c1-2-4-6-8-10-11-9-7-5-3-1/h1-2,5,7-8,10H,3-4,6,9,11H2/b2-1-,7-5-,10-8+. The monoisotopic (exact) mass is 148 g/mol. The van der Waals surface area contributed by atoms with E-state index in [0.29, 0.717) is 0 Å². The van der Waals surface area contributed by atoms with Crippen molar-refractivity contribution in [3.63, 3.8) is 0 Å². The lowest BCUT2D eigenvalue weighted by atomic mass is 10.2. The van der Waals surface area contributed by atoms with Crippen molar-refractivity contribution in [2.45, 2.75) is 32.1 Å². The summed E-state index contributed by atoms with van der Waals surface area (Å²) in [5.74, 6) is 0. The normalized spacial score (nSPS) is 28.4. The quantitative estimate of drug-likeness (QED) is 0.460. The molecule has 0 nitrogen and oxygen atoms in total. The second kappa shape index (κ2) is 5.96. The number of allylic oxidation sites excluding steroid dienone is 6. The van der Waals surface area contributed by atoms with Crippen molar-refractivity contribution in [3.05, 3.63) is 36.5 Å². The van der Waals surface area contributed by atoms with Gasteiger partial charge >= 0.3 is 0 Å². The first-order chi connectivity index (χ1) is 5.50. The van der Waals surface area contributed by atoms with Gasteiger partial charge in [-0.25, -0.2) is 0 Å². The van der Waals surface area contributed by atoms with Crippen LogP contribution in [0.2, 0.25) is 0 Å². The second-order valence-corrected chi connectivity index (χ2v) is 2.80. The van der Waals surface area contributed by atoms with Gasteiger partial charge in [-0.3, -0.25) is 0 Å². The van der Waals surface area contributed by atoms with Crippen LogP contribution in [0.3, 0.4) is 0 Å². The summed E-state index contributed by atoms with van der Waals surface area (Å²) in [6, 6.07) is 0. The molecule has 0 aliphatic heterocycles. The second-order valence-electron chi connectivity index (χ2n) is 2.80. The first-order valence-corrected chi connectivity index (χ1v) is 4.45. The molecule has 0 aromatic heterocycles. The summed E-state index contributed by atoms with van der Waals surface area (Å²) in [4.78, 5) is 0. The summed E-state index contributed by atoms with van der Waals surface area (Å²) in [6.07, 6.45) is 19.5. The topological polar surface area (TPSA) is 0 Å². The third-order valence-electron chi connectivity index (χ3n) is 1.77. The Balaban J connectivity index is 2.34. The molecule has 1 aliphatic carbocycles. The van der Waals surface area contributed by atoms with Crippen LogP contribution in [0.5, 0.6) is 0 Å². The highest BCUT2D eigenvalue weighted by molar-refractivity contribution is 4.96.